The minimum absolute atomic E-state index is 0.0168. The van der Waals surface area contributed by atoms with Crippen LogP contribution in [-0.4, -0.2) is 35.1 Å². The molecule has 1 aliphatic rings. The second-order valence-electron chi connectivity index (χ2n) is 4.99. The zero-order valence-corrected chi connectivity index (χ0v) is 10.7. The van der Waals surface area contributed by atoms with E-state index in [1.807, 2.05) is 30.3 Å². The van der Waals surface area contributed by atoms with Crippen molar-refractivity contribution in [3.05, 3.63) is 36.1 Å². The molecule has 0 radical (unpaired) electrons. The van der Waals surface area contributed by atoms with Crippen LogP contribution in [0.2, 0.25) is 0 Å². The molecule has 100 valence electrons. The first kappa shape index (κ1) is 12.2. The van der Waals surface area contributed by atoms with Gasteiger partial charge in [-0.25, -0.2) is 0 Å². The third-order valence-electron chi connectivity index (χ3n) is 3.71. The molecule has 4 heteroatoms. The SMILES string of the molecule is O=C(Cc1cc2ccccc2o1)N1CCC[C@H]1CO. The lowest BCUT2D eigenvalue weighted by Gasteiger charge is -2.22. The van der Waals surface area contributed by atoms with E-state index in [9.17, 15) is 9.90 Å². The molecule has 2 heterocycles. The molecule has 1 aliphatic heterocycles. The van der Waals surface area contributed by atoms with E-state index >= 15 is 0 Å². The van der Waals surface area contributed by atoms with Crippen LogP contribution in [0.3, 0.4) is 0 Å². The standard InChI is InChI=1S/C15H17NO3/c17-10-12-5-3-7-16(12)15(18)9-13-8-11-4-1-2-6-14(11)19-13/h1-2,4,6,8,12,17H,3,5,7,9-10H2/t12-/m0/s1. The smallest absolute Gasteiger partial charge is 0.230 e. The fraction of sp³-hybridized carbons (Fsp3) is 0.400. The van der Waals surface area contributed by atoms with Crippen molar-refractivity contribution in [1.82, 2.24) is 4.90 Å². The highest BCUT2D eigenvalue weighted by atomic mass is 16.3. The van der Waals surface area contributed by atoms with Crippen molar-refractivity contribution in [2.75, 3.05) is 13.2 Å². The number of amides is 1. The van der Waals surface area contributed by atoms with E-state index in [0.29, 0.717) is 5.76 Å². The fourth-order valence-corrected chi connectivity index (χ4v) is 2.73. The van der Waals surface area contributed by atoms with Crippen molar-refractivity contribution >= 4 is 16.9 Å². The Morgan fingerprint density at radius 3 is 3.05 bits per heavy atom. The number of para-hydroxylation sites is 1. The summed E-state index contributed by atoms with van der Waals surface area (Å²) in [5.41, 5.74) is 0.811. The Kier molecular flexibility index (Phi) is 3.25. The van der Waals surface area contributed by atoms with E-state index < -0.39 is 0 Å². The number of rotatable bonds is 3. The second kappa shape index (κ2) is 5.05. The molecule has 1 aromatic carbocycles. The van der Waals surface area contributed by atoms with Crippen molar-refractivity contribution in [1.29, 1.82) is 0 Å². The lowest BCUT2D eigenvalue weighted by atomic mass is 10.2. The molecule has 0 aliphatic carbocycles. The summed E-state index contributed by atoms with van der Waals surface area (Å²) in [6.07, 6.45) is 2.13. The average molecular weight is 259 g/mol. The summed E-state index contributed by atoms with van der Waals surface area (Å²) in [6.45, 7) is 0.788. The summed E-state index contributed by atoms with van der Waals surface area (Å²) in [7, 11) is 0. The molecule has 0 bridgehead atoms. The Hall–Kier alpha value is -1.81. The molecule has 1 atom stereocenters. The van der Waals surface area contributed by atoms with E-state index in [1.54, 1.807) is 4.90 Å². The van der Waals surface area contributed by atoms with Crippen molar-refractivity contribution in [2.45, 2.75) is 25.3 Å². The minimum atomic E-state index is -0.0168. The molecule has 2 aromatic rings. The summed E-state index contributed by atoms with van der Waals surface area (Å²) >= 11 is 0. The molecule has 0 saturated carbocycles. The van der Waals surface area contributed by atoms with E-state index in [1.165, 1.54) is 0 Å². The van der Waals surface area contributed by atoms with Gasteiger partial charge in [-0.05, 0) is 25.0 Å². The van der Waals surface area contributed by atoms with Crippen molar-refractivity contribution in [3.8, 4) is 0 Å². The normalized spacial score (nSPS) is 19.2. The number of hydrogen-bond donors (Lipinski definition) is 1. The largest absolute Gasteiger partial charge is 0.461 e. The van der Waals surface area contributed by atoms with Gasteiger partial charge in [0.15, 0.2) is 0 Å². The quantitative estimate of drug-likeness (QED) is 0.916. The number of carbonyl (C=O) groups excluding carboxylic acids is 1. The van der Waals surface area contributed by atoms with Gasteiger partial charge in [-0.15, -0.1) is 0 Å². The van der Waals surface area contributed by atoms with Crippen molar-refractivity contribution in [2.24, 2.45) is 0 Å². The van der Waals surface area contributed by atoms with Gasteiger partial charge in [0.1, 0.15) is 11.3 Å². The van der Waals surface area contributed by atoms with Crippen molar-refractivity contribution < 1.29 is 14.3 Å². The summed E-state index contributed by atoms with van der Waals surface area (Å²) in [4.78, 5) is 14.0. The number of hydrogen-bond acceptors (Lipinski definition) is 3. The molecule has 4 nitrogen and oxygen atoms in total. The van der Waals surface area contributed by atoms with Crippen LogP contribution in [0.25, 0.3) is 11.0 Å². The summed E-state index contributed by atoms with van der Waals surface area (Å²) in [6, 6.07) is 9.63. The summed E-state index contributed by atoms with van der Waals surface area (Å²) in [5, 5.41) is 10.3. The molecular formula is C15H17NO3. The van der Waals surface area contributed by atoms with E-state index in [-0.39, 0.29) is 25.0 Å². The maximum absolute atomic E-state index is 12.2. The van der Waals surface area contributed by atoms with Crippen LogP contribution in [-0.2, 0) is 11.2 Å². The van der Waals surface area contributed by atoms with E-state index in [4.69, 9.17) is 4.42 Å². The van der Waals surface area contributed by atoms with Crippen LogP contribution in [0.15, 0.2) is 34.7 Å². The van der Waals surface area contributed by atoms with E-state index in [0.717, 1.165) is 30.4 Å². The summed E-state index contributed by atoms with van der Waals surface area (Å²) in [5.74, 6) is 0.727. The van der Waals surface area contributed by atoms with Gasteiger partial charge in [0.05, 0.1) is 19.1 Å². The average Bonchev–Trinajstić information content (AvgIpc) is 3.03. The van der Waals surface area contributed by atoms with Crippen LogP contribution in [0.5, 0.6) is 0 Å². The zero-order chi connectivity index (χ0) is 13.2. The first-order valence-corrected chi connectivity index (χ1v) is 6.65. The lowest BCUT2D eigenvalue weighted by molar-refractivity contribution is -0.132. The number of carbonyl (C=O) groups is 1. The van der Waals surface area contributed by atoms with Crippen LogP contribution in [0, 0.1) is 0 Å². The highest BCUT2D eigenvalue weighted by Crippen LogP contribution is 2.22. The van der Waals surface area contributed by atoms with Gasteiger partial charge in [-0.3, -0.25) is 4.79 Å². The third-order valence-corrected chi connectivity index (χ3v) is 3.71. The van der Waals surface area contributed by atoms with Gasteiger partial charge in [-0.2, -0.15) is 0 Å². The fourth-order valence-electron chi connectivity index (χ4n) is 2.73. The van der Waals surface area contributed by atoms with Crippen LogP contribution in [0.1, 0.15) is 18.6 Å². The molecule has 1 saturated heterocycles. The number of aliphatic hydroxyl groups excluding tert-OH is 1. The Morgan fingerprint density at radius 1 is 1.42 bits per heavy atom. The monoisotopic (exact) mass is 259 g/mol. The highest BCUT2D eigenvalue weighted by Gasteiger charge is 2.28. The molecule has 0 unspecified atom stereocenters. The minimum Gasteiger partial charge on any atom is -0.461 e. The van der Waals surface area contributed by atoms with Gasteiger partial charge in [0, 0.05) is 11.9 Å². The Bertz CT molecular complexity index is 557. The maximum atomic E-state index is 12.2. The van der Waals surface area contributed by atoms with Crippen molar-refractivity contribution in [3.63, 3.8) is 0 Å². The molecule has 1 fully saturated rings. The number of furan rings is 1. The van der Waals surface area contributed by atoms with Gasteiger partial charge >= 0.3 is 0 Å². The predicted octanol–water partition coefficient (Wildman–Crippen LogP) is 1.96. The number of likely N-dealkylation sites (tertiary alicyclic amines) is 1. The van der Waals surface area contributed by atoms with Gasteiger partial charge in [0.2, 0.25) is 5.91 Å². The first-order chi connectivity index (χ1) is 9.28. The van der Waals surface area contributed by atoms with Crippen LogP contribution in [0.4, 0.5) is 0 Å². The van der Waals surface area contributed by atoms with Gasteiger partial charge < -0.3 is 14.4 Å². The molecule has 0 spiro atoms. The van der Waals surface area contributed by atoms with Crippen LogP contribution >= 0.6 is 0 Å². The van der Waals surface area contributed by atoms with Gasteiger partial charge in [-0.1, -0.05) is 18.2 Å². The molecule has 1 aromatic heterocycles. The maximum Gasteiger partial charge on any atom is 0.230 e. The Balaban J connectivity index is 1.75. The number of aliphatic hydroxyl groups is 1. The lowest BCUT2D eigenvalue weighted by Crippen LogP contribution is -2.38. The van der Waals surface area contributed by atoms with Gasteiger partial charge in [0.25, 0.3) is 0 Å². The number of benzene rings is 1. The third kappa shape index (κ3) is 2.36. The zero-order valence-electron chi connectivity index (χ0n) is 10.7. The summed E-state index contributed by atoms with van der Waals surface area (Å²) < 4.78 is 5.66. The highest BCUT2D eigenvalue weighted by molar-refractivity contribution is 5.82. The molecule has 3 rings (SSSR count). The predicted molar refractivity (Wildman–Crippen MR) is 71.7 cm³/mol. The molecular weight excluding hydrogens is 242 g/mol. The molecule has 1 N–H and O–H groups in total. The topological polar surface area (TPSA) is 53.7 Å². The van der Waals surface area contributed by atoms with E-state index in [2.05, 4.69) is 0 Å². The number of fused-ring (bicyclic) bond motifs is 1. The first-order valence-electron chi connectivity index (χ1n) is 6.65. The Labute approximate surface area is 111 Å². The van der Waals surface area contributed by atoms with Crippen LogP contribution < -0.4 is 0 Å². The second-order valence-corrected chi connectivity index (χ2v) is 4.99. The molecule has 19 heavy (non-hydrogen) atoms. The Morgan fingerprint density at radius 2 is 2.26 bits per heavy atom. The number of nitrogens with zero attached hydrogens (tertiary/aromatic N) is 1. The molecule has 1 amide bonds.